The molecule has 0 saturated heterocycles. The van der Waals surface area contributed by atoms with Gasteiger partial charge in [0.25, 0.3) is 0 Å². The molecule has 3 heterocycles. The van der Waals surface area contributed by atoms with E-state index in [2.05, 4.69) is 187 Å². The SMILES string of the molecule is CC(C)c1ccc(N2C=CN(c3cc(Oc4ccc5c6ccccc6n(-c6cc(C(C)(C)C)ccn6)c5c4)cc(C(C)(C)C)c3)C2)c(C(C)C)c1. The lowest BCUT2D eigenvalue weighted by atomic mass is 9.86. The van der Waals surface area contributed by atoms with Crippen molar-refractivity contribution in [2.45, 2.75) is 91.9 Å². The summed E-state index contributed by atoms with van der Waals surface area (Å²) in [6, 6.07) is 33.0. The van der Waals surface area contributed by atoms with Crippen molar-refractivity contribution in [2.24, 2.45) is 0 Å². The average molecular weight is 677 g/mol. The number of para-hydroxylation sites is 1. The van der Waals surface area contributed by atoms with Crippen LogP contribution >= 0.6 is 0 Å². The van der Waals surface area contributed by atoms with Crippen LogP contribution in [-0.2, 0) is 10.8 Å². The minimum absolute atomic E-state index is 0.0111. The molecule has 0 spiro atoms. The van der Waals surface area contributed by atoms with Gasteiger partial charge < -0.3 is 14.5 Å². The summed E-state index contributed by atoms with van der Waals surface area (Å²) in [5.41, 5.74) is 9.77. The zero-order valence-electron chi connectivity index (χ0n) is 32.0. The number of pyridine rings is 1. The first-order valence-electron chi connectivity index (χ1n) is 18.4. The number of anilines is 2. The molecule has 2 aromatic heterocycles. The Labute approximate surface area is 304 Å². The number of aromatic nitrogens is 2. The highest BCUT2D eigenvalue weighted by atomic mass is 16.5. The van der Waals surface area contributed by atoms with Gasteiger partial charge in [0.05, 0.1) is 17.7 Å². The highest BCUT2D eigenvalue weighted by Crippen LogP contribution is 2.39. The fourth-order valence-electron chi connectivity index (χ4n) is 7.04. The number of ether oxygens (including phenoxy) is 1. The summed E-state index contributed by atoms with van der Waals surface area (Å²) in [5.74, 6) is 3.46. The van der Waals surface area contributed by atoms with Crippen LogP contribution in [0.25, 0.3) is 27.6 Å². The normalized spacial score (nSPS) is 13.8. The van der Waals surface area contributed by atoms with E-state index in [1.807, 2.05) is 6.20 Å². The molecule has 6 aromatic rings. The summed E-state index contributed by atoms with van der Waals surface area (Å²) < 4.78 is 9.06. The van der Waals surface area contributed by atoms with Gasteiger partial charge in [-0.15, -0.1) is 0 Å². The molecule has 5 heteroatoms. The van der Waals surface area contributed by atoms with Crippen molar-refractivity contribution in [3.63, 3.8) is 0 Å². The van der Waals surface area contributed by atoms with E-state index in [4.69, 9.17) is 9.72 Å². The summed E-state index contributed by atoms with van der Waals surface area (Å²) in [6.45, 7) is 23.3. The van der Waals surface area contributed by atoms with Crippen molar-refractivity contribution in [1.82, 2.24) is 9.55 Å². The zero-order chi connectivity index (χ0) is 36.2. The molecule has 1 aliphatic rings. The van der Waals surface area contributed by atoms with Crippen LogP contribution in [-0.4, -0.2) is 16.2 Å². The molecule has 1 aliphatic heterocycles. The third kappa shape index (κ3) is 6.74. The third-order valence-corrected chi connectivity index (χ3v) is 10.2. The molecule has 0 amide bonds. The van der Waals surface area contributed by atoms with Crippen LogP contribution in [0.15, 0.2) is 110 Å². The van der Waals surface area contributed by atoms with Gasteiger partial charge in [0.15, 0.2) is 0 Å². The summed E-state index contributed by atoms with van der Waals surface area (Å²) in [5, 5.41) is 2.37. The largest absolute Gasteiger partial charge is 0.457 e. The van der Waals surface area contributed by atoms with Gasteiger partial charge in [-0.3, -0.25) is 4.57 Å². The van der Waals surface area contributed by atoms with E-state index in [0.717, 1.165) is 40.7 Å². The smallest absolute Gasteiger partial charge is 0.137 e. The van der Waals surface area contributed by atoms with Gasteiger partial charge in [-0.25, -0.2) is 4.98 Å². The first kappa shape index (κ1) is 34.4. The molecule has 0 unspecified atom stereocenters. The molecule has 4 aromatic carbocycles. The van der Waals surface area contributed by atoms with Crippen molar-refractivity contribution in [3.8, 4) is 17.3 Å². The molecule has 262 valence electrons. The lowest BCUT2D eigenvalue weighted by Crippen LogP contribution is -2.26. The molecule has 0 bridgehead atoms. The predicted octanol–water partition coefficient (Wildman–Crippen LogP) is 12.6. The van der Waals surface area contributed by atoms with Crippen molar-refractivity contribution in [2.75, 3.05) is 16.5 Å². The van der Waals surface area contributed by atoms with Gasteiger partial charge in [0, 0.05) is 52.9 Å². The van der Waals surface area contributed by atoms with Gasteiger partial charge in [-0.2, -0.15) is 0 Å². The first-order chi connectivity index (χ1) is 24.2. The molecule has 0 aliphatic carbocycles. The summed E-state index contributed by atoms with van der Waals surface area (Å²) in [4.78, 5) is 9.54. The van der Waals surface area contributed by atoms with Gasteiger partial charge >= 0.3 is 0 Å². The first-order valence-corrected chi connectivity index (χ1v) is 18.4. The minimum Gasteiger partial charge on any atom is -0.457 e. The second kappa shape index (κ2) is 12.9. The summed E-state index contributed by atoms with van der Waals surface area (Å²) in [6.07, 6.45) is 6.32. The molecule has 0 radical (unpaired) electrons. The van der Waals surface area contributed by atoms with Crippen LogP contribution < -0.4 is 14.5 Å². The van der Waals surface area contributed by atoms with Crippen LogP contribution in [0.1, 0.15) is 103 Å². The number of rotatable bonds is 7. The lowest BCUT2D eigenvalue weighted by Gasteiger charge is -2.27. The van der Waals surface area contributed by atoms with Crippen molar-refractivity contribution >= 4 is 33.2 Å². The van der Waals surface area contributed by atoms with Crippen molar-refractivity contribution in [1.29, 1.82) is 0 Å². The summed E-state index contributed by atoms with van der Waals surface area (Å²) in [7, 11) is 0. The molecule has 7 rings (SSSR count). The maximum Gasteiger partial charge on any atom is 0.137 e. The Balaban J connectivity index is 1.25. The molecule has 0 fully saturated rings. The standard InChI is InChI=1S/C46H52N4O/c1-30(2)32-15-18-41(40(23-32)31(3)4)49-22-21-48(29-49)35-24-34(46(8,9)10)25-37(27-35)51-36-16-17-39-38-13-11-12-14-42(38)50(43(39)28-36)44-26-33(19-20-47-44)45(5,6)7/h11-28,30-31H,29H2,1-10H3. The monoisotopic (exact) mass is 676 g/mol. The Morgan fingerprint density at radius 2 is 1.35 bits per heavy atom. The second-order valence-electron chi connectivity index (χ2n) is 16.8. The Bertz CT molecular complexity index is 2260. The van der Waals surface area contributed by atoms with Crippen LogP contribution in [0, 0.1) is 0 Å². The van der Waals surface area contributed by atoms with Gasteiger partial charge in [-0.05, 0) is 93.5 Å². The molecule has 0 atom stereocenters. The molecular formula is C46H52N4O. The topological polar surface area (TPSA) is 33.5 Å². The van der Waals surface area contributed by atoms with E-state index in [9.17, 15) is 0 Å². The van der Waals surface area contributed by atoms with E-state index in [-0.39, 0.29) is 10.8 Å². The Morgan fingerprint density at radius 1 is 0.627 bits per heavy atom. The fraction of sp³-hybridized carbons (Fsp3) is 0.326. The van der Waals surface area contributed by atoms with Crippen LogP contribution in [0.5, 0.6) is 11.5 Å². The maximum absolute atomic E-state index is 6.79. The Hall–Kier alpha value is -5.03. The summed E-state index contributed by atoms with van der Waals surface area (Å²) >= 11 is 0. The van der Waals surface area contributed by atoms with E-state index in [0.29, 0.717) is 11.8 Å². The molecule has 0 N–H and O–H groups in total. The molecule has 5 nitrogen and oxygen atoms in total. The number of hydrogen-bond acceptors (Lipinski definition) is 4. The van der Waals surface area contributed by atoms with E-state index < -0.39 is 0 Å². The fourth-order valence-corrected chi connectivity index (χ4v) is 7.04. The van der Waals surface area contributed by atoms with Gasteiger partial charge in [0.1, 0.15) is 17.3 Å². The Kier molecular flexibility index (Phi) is 8.73. The maximum atomic E-state index is 6.79. The zero-order valence-corrected chi connectivity index (χ0v) is 32.0. The third-order valence-electron chi connectivity index (χ3n) is 10.2. The van der Waals surface area contributed by atoms with Crippen molar-refractivity contribution in [3.05, 3.63) is 132 Å². The van der Waals surface area contributed by atoms with Gasteiger partial charge in [-0.1, -0.05) is 99.6 Å². The van der Waals surface area contributed by atoms with Crippen LogP contribution in [0.2, 0.25) is 0 Å². The second-order valence-corrected chi connectivity index (χ2v) is 16.8. The van der Waals surface area contributed by atoms with E-state index >= 15 is 0 Å². The van der Waals surface area contributed by atoms with Crippen LogP contribution in [0.3, 0.4) is 0 Å². The van der Waals surface area contributed by atoms with Crippen LogP contribution in [0.4, 0.5) is 11.4 Å². The lowest BCUT2D eigenvalue weighted by molar-refractivity contribution is 0.479. The molecule has 0 saturated carbocycles. The number of fused-ring (bicyclic) bond motifs is 3. The molecular weight excluding hydrogens is 625 g/mol. The Morgan fingerprint density at radius 3 is 2.08 bits per heavy atom. The predicted molar refractivity (Wildman–Crippen MR) is 216 cm³/mol. The average Bonchev–Trinajstić information content (AvgIpc) is 3.70. The highest BCUT2D eigenvalue weighted by molar-refractivity contribution is 6.09. The highest BCUT2D eigenvalue weighted by Gasteiger charge is 2.24. The van der Waals surface area contributed by atoms with E-state index in [1.54, 1.807) is 0 Å². The number of nitrogens with zero attached hydrogens (tertiary/aromatic N) is 4. The minimum atomic E-state index is -0.0607. The number of hydrogen-bond donors (Lipinski definition) is 0. The van der Waals surface area contributed by atoms with Crippen molar-refractivity contribution < 1.29 is 4.74 Å². The van der Waals surface area contributed by atoms with E-state index in [1.165, 1.54) is 38.7 Å². The number of benzene rings is 4. The quantitative estimate of drug-likeness (QED) is 0.168. The van der Waals surface area contributed by atoms with Gasteiger partial charge in [0.2, 0.25) is 0 Å². The molecule has 51 heavy (non-hydrogen) atoms.